The van der Waals surface area contributed by atoms with Gasteiger partial charge in [0.05, 0.1) is 0 Å². The lowest BCUT2D eigenvalue weighted by atomic mass is 10.0. The third-order valence-electron chi connectivity index (χ3n) is 5.71. The van der Waals surface area contributed by atoms with E-state index in [-0.39, 0.29) is 5.78 Å². The predicted octanol–water partition coefficient (Wildman–Crippen LogP) is 8.33. The molecule has 0 spiro atoms. The van der Waals surface area contributed by atoms with Crippen molar-refractivity contribution in [2.75, 3.05) is 13.2 Å². The summed E-state index contributed by atoms with van der Waals surface area (Å²) < 4.78 is 5.65. The lowest BCUT2D eigenvalue weighted by molar-refractivity contribution is 0.0747. The summed E-state index contributed by atoms with van der Waals surface area (Å²) >= 11 is 0. The highest BCUT2D eigenvalue weighted by molar-refractivity contribution is 5.99. The summed E-state index contributed by atoms with van der Waals surface area (Å²) in [5, 5.41) is 9.89. The third-order valence-corrected chi connectivity index (χ3v) is 5.71. The smallest absolute Gasteiger partial charge is 0.195 e. The predicted molar refractivity (Wildman–Crippen MR) is 140 cm³/mol. The van der Waals surface area contributed by atoms with Crippen molar-refractivity contribution in [3.63, 3.8) is 0 Å². The fourth-order valence-electron chi connectivity index (χ4n) is 3.62. The number of hydrogen-bond acceptors (Lipinski definition) is 3. The molecule has 0 heterocycles. The van der Waals surface area contributed by atoms with Crippen molar-refractivity contribution in [1.82, 2.24) is 0 Å². The summed E-state index contributed by atoms with van der Waals surface area (Å²) in [5.41, 5.74) is 1.15. The van der Waals surface area contributed by atoms with E-state index < -0.39 is 6.10 Å². The standard InChI is InChI=1S/C16H34O.C14H12O2/c1-3-5-7-9-11-13-15-17-16-14-12-10-8-6-4-2;15-13(11-7-3-1-4-8-11)14(16)12-9-5-2-6-10-12/h3-16H2,1-2H3;1-10,13,15H. The van der Waals surface area contributed by atoms with E-state index in [1.807, 2.05) is 12.1 Å². The van der Waals surface area contributed by atoms with Gasteiger partial charge in [-0.1, -0.05) is 139 Å². The maximum absolute atomic E-state index is 11.9. The highest BCUT2D eigenvalue weighted by Gasteiger charge is 2.18. The molecule has 0 saturated carbocycles. The van der Waals surface area contributed by atoms with Crippen LogP contribution in [0.5, 0.6) is 0 Å². The van der Waals surface area contributed by atoms with E-state index in [0.29, 0.717) is 11.1 Å². The monoisotopic (exact) mass is 454 g/mol. The number of aliphatic hydroxyl groups is 1. The maximum atomic E-state index is 11.9. The first-order chi connectivity index (χ1) is 16.2. The number of ether oxygens (including phenoxy) is 1. The second kappa shape index (κ2) is 20.6. The number of benzene rings is 2. The number of Topliss-reactive ketones (excluding diaryl/α,β-unsaturated/α-hetero) is 1. The zero-order valence-corrected chi connectivity index (χ0v) is 21.0. The van der Waals surface area contributed by atoms with Gasteiger partial charge in [0.1, 0.15) is 6.10 Å². The molecule has 0 aliphatic rings. The molecule has 2 aromatic carbocycles. The molecule has 0 aliphatic carbocycles. The van der Waals surface area contributed by atoms with Gasteiger partial charge in [0.25, 0.3) is 0 Å². The van der Waals surface area contributed by atoms with Gasteiger partial charge in [-0.25, -0.2) is 0 Å². The van der Waals surface area contributed by atoms with Gasteiger partial charge in [-0.3, -0.25) is 4.79 Å². The molecule has 3 nitrogen and oxygen atoms in total. The summed E-state index contributed by atoms with van der Waals surface area (Å²) in [6, 6.07) is 17.7. The van der Waals surface area contributed by atoms with Crippen molar-refractivity contribution in [1.29, 1.82) is 0 Å². The second-order valence-corrected chi connectivity index (χ2v) is 8.69. The maximum Gasteiger partial charge on any atom is 0.195 e. The number of unbranched alkanes of at least 4 members (excludes halogenated alkanes) is 10. The van der Waals surface area contributed by atoms with Crippen LogP contribution in [0.2, 0.25) is 0 Å². The Hall–Kier alpha value is -1.97. The Bertz CT molecular complexity index is 670. The SMILES string of the molecule is CCCCCCCCOCCCCCCCC.O=C(c1ccccc1)C(O)c1ccccc1. The Morgan fingerprint density at radius 3 is 1.58 bits per heavy atom. The van der Waals surface area contributed by atoms with E-state index >= 15 is 0 Å². The Morgan fingerprint density at radius 1 is 0.667 bits per heavy atom. The van der Waals surface area contributed by atoms with E-state index in [9.17, 15) is 9.90 Å². The first-order valence-corrected chi connectivity index (χ1v) is 13.1. The number of carbonyl (C=O) groups is 1. The van der Waals surface area contributed by atoms with Crippen LogP contribution in [0.15, 0.2) is 60.7 Å². The summed E-state index contributed by atoms with van der Waals surface area (Å²) in [5.74, 6) is -0.271. The quantitative estimate of drug-likeness (QED) is 0.193. The molecule has 0 aliphatic heterocycles. The van der Waals surface area contributed by atoms with Gasteiger partial charge in [-0.15, -0.1) is 0 Å². The normalized spacial score (nSPS) is 11.5. The molecule has 0 radical (unpaired) electrons. The molecule has 0 fully saturated rings. The van der Waals surface area contributed by atoms with Crippen LogP contribution in [0.1, 0.15) is 113 Å². The van der Waals surface area contributed by atoms with Crippen LogP contribution in [0.25, 0.3) is 0 Å². The van der Waals surface area contributed by atoms with Gasteiger partial charge in [0, 0.05) is 18.8 Å². The molecule has 184 valence electrons. The van der Waals surface area contributed by atoms with E-state index in [1.54, 1.807) is 48.5 Å². The Kier molecular flexibility index (Phi) is 18.2. The summed E-state index contributed by atoms with van der Waals surface area (Å²) in [7, 11) is 0. The fraction of sp³-hybridized carbons (Fsp3) is 0.567. The molecule has 0 saturated heterocycles. The van der Waals surface area contributed by atoms with Gasteiger partial charge in [0.2, 0.25) is 0 Å². The van der Waals surface area contributed by atoms with Crippen LogP contribution in [0, 0.1) is 0 Å². The summed E-state index contributed by atoms with van der Waals surface area (Å²) in [6.45, 7) is 6.51. The molecule has 3 heteroatoms. The average Bonchev–Trinajstić information content (AvgIpc) is 2.87. The van der Waals surface area contributed by atoms with E-state index in [4.69, 9.17) is 4.74 Å². The van der Waals surface area contributed by atoms with Crippen molar-refractivity contribution < 1.29 is 14.6 Å². The van der Waals surface area contributed by atoms with Crippen molar-refractivity contribution in [3.05, 3.63) is 71.8 Å². The molecular formula is C30H46O3. The van der Waals surface area contributed by atoms with Gasteiger partial charge in [0.15, 0.2) is 5.78 Å². The molecule has 0 amide bonds. The highest BCUT2D eigenvalue weighted by atomic mass is 16.5. The van der Waals surface area contributed by atoms with Crippen molar-refractivity contribution >= 4 is 5.78 Å². The molecule has 2 aromatic rings. The van der Waals surface area contributed by atoms with Crippen LogP contribution >= 0.6 is 0 Å². The fourth-order valence-corrected chi connectivity index (χ4v) is 3.62. The van der Waals surface area contributed by atoms with Crippen LogP contribution in [0.4, 0.5) is 0 Å². The Balaban J connectivity index is 0.000000330. The topological polar surface area (TPSA) is 46.5 Å². The van der Waals surface area contributed by atoms with Gasteiger partial charge in [-0.2, -0.15) is 0 Å². The van der Waals surface area contributed by atoms with Gasteiger partial charge in [-0.05, 0) is 18.4 Å². The molecule has 1 atom stereocenters. The first kappa shape index (κ1) is 29.1. The summed E-state index contributed by atoms with van der Waals surface area (Å²) in [4.78, 5) is 11.9. The van der Waals surface area contributed by atoms with Gasteiger partial charge >= 0.3 is 0 Å². The van der Waals surface area contributed by atoms with Crippen molar-refractivity contribution in [3.8, 4) is 0 Å². The molecular weight excluding hydrogens is 408 g/mol. The minimum atomic E-state index is -1.08. The zero-order chi connectivity index (χ0) is 24.0. The Labute approximate surface area is 202 Å². The number of carbonyl (C=O) groups excluding carboxylic acids is 1. The Morgan fingerprint density at radius 2 is 1.09 bits per heavy atom. The van der Waals surface area contributed by atoms with Crippen LogP contribution in [-0.4, -0.2) is 24.1 Å². The molecule has 1 N–H and O–H groups in total. The lowest BCUT2D eigenvalue weighted by Gasteiger charge is -2.09. The minimum Gasteiger partial charge on any atom is -0.381 e. The minimum absolute atomic E-state index is 0.271. The number of rotatable bonds is 17. The molecule has 0 bridgehead atoms. The van der Waals surface area contributed by atoms with Crippen LogP contribution < -0.4 is 0 Å². The first-order valence-electron chi connectivity index (χ1n) is 13.1. The van der Waals surface area contributed by atoms with E-state index in [0.717, 1.165) is 13.2 Å². The number of aliphatic hydroxyl groups excluding tert-OH is 1. The zero-order valence-electron chi connectivity index (χ0n) is 21.0. The van der Waals surface area contributed by atoms with Crippen molar-refractivity contribution in [2.24, 2.45) is 0 Å². The number of ketones is 1. The molecule has 2 rings (SSSR count). The van der Waals surface area contributed by atoms with Crippen molar-refractivity contribution in [2.45, 2.75) is 97.0 Å². The van der Waals surface area contributed by atoms with E-state index in [2.05, 4.69) is 13.8 Å². The molecule has 1 unspecified atom stereocenters. The van der Waals surface area contributed by atoms with Crippen LogP contribution in [0.3, 0.4) is 0 Å². The second-order valence-electron chi connectivity index (χ2n) is 8.69. The molecule has 33 heavy (non-hydrogen) atoms. The van der Waals surface area contributed by atoms with E-state index in [1.165, 1.54) is 77.0 Å². The lowest BCUT2D eigenvalue weighted by Crippen LogP contribution is -2.11. The average molecular weight is 455 g/mol. The summed E-state index contributed by atoms with van der Waals surface area (Å²) in [6.07, 6.45) is 15.3. The van der Waals surface area contributed by atoms with Gasteiger partial charge < -0.3 is 9.84 Å². The highest BCUT2D eigenvalue weighted by Crippen LogP contribution is 2.17. The largest absolute Gasteiger partial charge is 0.381 e. The number of hydrogen-bond donors (Lipinski definition) is 1. The molecule has 0 aromatic heterocycles. The van der Waals surface area contributed by atoms with Crippen LogP contribution in [-0.2, 0) is 4.74 Å². The third kappa shape index (κ3) is 14.7.